The van der Waals surface area contributed by atoms with Crippen LogP contribution in [0.5, 0.6) is 0 Å². The number of nitrogens with zero attached hydrogens (tertiary/aromatic N) is 2. The van der Waals surface area contributed by atoms with E-state index in [2.05, 4.69) is 35.9 Å². The van der Waals surface area contributed by atoms with E-state index in [-0.39, 0.29) is 16.8 Å². The smallest absolute Gasteiger partial charge is 0.272 e. The molecule has 0 atom stereocenters. The van der Waals surface area contributed by atoms with Gasteiger partial charge in [0.25, 0.3) is 5.56 Å². The molecule has 0 bridgehead atoms. The highest BCUT2D eigenvalue weighted by atomic mass is 31.2. The quantitative estimate of drug-likeness (QED) is 0.607. The zero-order valence-corrected chi connectivity index (χ0v) is 19.3. The Balaban J connectivity index is 1.59. The minimum absolute atomic E-state index is 0.200. The molecule has 2 N–H and O–H groups in total. The normalized spacial score (nSPS) is 17.2. The van der Waals surface area contributed by atoms with Gasteiger partial charge in [-0.25, -0.2) is 9.49 Å². The first kappa shape index (κ1) is 22.1. The van der Waals surface area contributed by atoms with Crippen molar-refractivity contribution in [2.75, 3.05) is 32.0 Å². The Morgan fingerprint density at radius 3 is 2.48 bits per heavy atom. The molecule has 1 aromatic heterocycles. The molecule has 4 rings (SSSR count). The molecule has 0 spiro atoms. The maximum Gasteiger partial charge on any atom is 0.272 e. The molecule has 1 aliphatic heterocycles. The van der Waals surface area contributed by atoms with Crippen LogP contribution in [0.1, 0.15) is 32.0 Å². The molecule has 2 aromatic carbocycles. The Labute approximate surface area is 182 Å². The first-order chi connectivity index (χ1) is 14.6. The molecule has 3 aromatic rings. The lowest BCUT2D eigenvalue weighted by molar-refractivity contribution is 0.202. The van der Waals surface area contributed by atoms with Crippen molar-refractivity contribution in [2.45, 2.75) is 27.2 Å². The fourth-order valence-electron chi connectivity index (χ4n) is 4.39. The Morgan fingerprint density at radius 2 is 1.81 bits per heavy atom. The number of hydrogen-bond acceptors (Lipinski definition) is 4. The van der Waals surface area contributed by atoms with Crippen LogP contribution >= 0.6 is 7.49 Å². The first-order valence-corrected chi connectivity index (χ1v) is 12.8. The van der Waals surface area contributed by atoms with E-state index >= 15 is 0 Å². The van der Waals surface area contributed by atoms with E-state index in [0.717, 1.165) is 36.3 Å². The summed E-state index contributed by atoms with van der Waals surface area (Å²) in [5.74, 6) is -0.330. The number of H-pyrrole nitrogens is 1. The van der Waals surface area contributed by atoms with Crippen LogP contribution in [-0.2, 0) is 6.42 Å². The third-order valence-corrected chi connectivity index (χ3v) is 9.00. The summed E-state index contributed by atoms with van der Waals surface area (Å²) in [6, 6.07) is 12.4. The second-order valence-corrected chi connectivity index (χ2v) is 12.9. The van der Waals surface area contributed by atoms with Gasteiger partial charge in [0.2, 0.25) is 0 Å². The van der Waals surface area contributed by atoms with Gasteiger partial charge in [-0.05, 0) is 29.2 Å². The van der Waals surface area contributed by atoms with Crippen molar-refractivity contribution in [1.29, 1.82) is 0 Å². The van der Waals surface area contributed by atoms with Crippen LogP contribution in [0, 0.1) is 11.2 Å². The van der Waals surface area contributed by atoms with E-state index < -0.39 is 7.49 Å². The Hall–Kier alpha value is -2.14. The molecule has 0 saturated carbocycles. The van der Waals surface area contributed by atoms with Crippen molar-refractivity contribution in [3.05, 3.63) is 69.9 Å². The van der Waals surface area contributed by atoms with Gasteiger partial charge in [-0.15, -0.1) is 0 Å². The van der Waals surface area contributed by atoms with Crippen molar-refractivity contribution < 1.29 is 9.28 Å². The lowest BCUT2D eigenvalue weighted by atomic mass is 9.96. The molecular formula is C24H30FN3O2P. The molecule has 0 unspecified atom stereocenters. The van der Waals surface area contributed by atoms with Gasteiger partial charge in [-0.1, -0.05) is 45.0 Å². The van der Waals surface area contributed by atoms with E-state index in [0.29, 0.717) is 29.4 Å². The molecule has 2 heterocycles. The van der Waals surface area contributed by atoms with Crippen LogP contribution in [-0.4, -0.2) is 51.9 Å². The molecule has 1 saturated heterocycles. The Bertz CT molecular complexity index is 1150. The Kier molecular flexibility index (Phi) is 5.99. The van der Waals surface area contributed by atoms with Crippen LogP contribution in [0.2, 0.25) is 0 Å². The maximum absolute atomic E-state index is 14.8. The summed E-state index contributed by atoms with van der Waals surface area (Å²) in [6.07, 6.45) is 1.69. The zero-order chi connectivity index (χ0) is 22.2. The summed E-state index contributed by atoms with van der Waals surface area (Å²) in [5, 5.41) is 8.64. The topological polar surface area (TPSA) is 69.2 Å². The van der Waals surface area contributed by atoms with Gasteiger partial charge in [0, 0.05) is 56.6 Å². The molecule has 1 aliphatic rings. The molecule has 0 aliphatic carbocycles. The molecule has 1 radical (unpaired) electrons. The number of hydrogen-bond donors (Lipinski definition) is 2. The number of nitrogens with one attached hydrogen (secondary N) is 1. The second kappa shape index (κ2) is 8.42. The van der Waals surface area contributed by atoms with E-state index in [1.807, 2.05) is 24.3 Å². The molecule has 5 nitrogen and oxygen atoms in total. The van der Waals surface area contributed by atoms with E-state index in [1.54, 1.807) is 12.1 Å². The predicted octanol–water partition coefficient (Wildman–Crippen LogP) is 3.56. The highest BCUT2D eigenvalue weighted by Crippen LogP contribution is 2.55. The van der Waals surface area contributed by atoms with Crippen molar-refractivity contribution in [3.63, 3.8) is 0 Å². The standard InChI is InChI=1S/C24H30FN3O2P/c1-24(2,3)16-28-10-12-31(30,13-11-28)22-15-17(8-9-20(22)25)14-21-18-6-4-5-7-19(18)23(29)27-26-21/h4-9,15,30H,10-14,16H2,1-3H3,(H,27,29). The van der Waals surface area contributed by atoms with Gasteiger partial charge < -0.3 is 9.79 Å². The molecule has 0 amide bonds. The molecule has 7 heteroatoms. The first-order valence-electron chi connectivity index (χ1n) is 10.7. The summed E-state index contributed by atoms with van der Waals surface area (Å²) in [4.78, 5) is 25.8. The lowest BCUT2D eigenvalue weighted by Gasteiger charge is -2.42. The maximum atomic E-state index is 14.8. The van der Waals surface area contributed by atoms with Gasteiger partial charge in [0.15, 0.2) is 0 Å². The molecule has 31 heavy (non-hydrogen) atoms. The number of benzene rings is 2. The van der Waals surface area contributed by atoms with Crippen LogP contribution in [0.25, 0.3) is 10.8 Å². The lowest BCUT2D eigenvalue weighted by Crippen LogP contribution is -2.43. The SMILES string of the molecule is CC(C)(C)CN1CC[P](O)(c2cc(Cc3n[nH]c(=O)c4ccccc34)ccc2F)CC1. The number of fused-ring (bicyclic) bond motifs is 1. The van der Waals surface area contributed by atoms with E-state index in [9.17, 15) is 14.1 Å². The summed E-state index contributed by atoms with van der Waals surface area (Å²) in [7, 11) is -2.54. The average Bonchev–Trinajstić information content (AvgIpc) is 2.72. The van der Waals surface area contributed by atoms with Crippen molar-refractivity contribution in [3.8, 4) is 0 Å². The Morgan fingerprint density at radius 1 is 1.13 bits per heavy atom. The third-order valence-electron chi connectivity index (χ3n) is 5.88. The van der Waals surface area contributed by atoms with Crippen LogP contribution in [0.4, 0.5) is 4.39 Å². The molecular weight excluding hydrogens is 412 g/mol. The third kappa shape index (κ3) is 4.87. The van der Waals surface area contributed by atoms with Crippen LogP contribution in [0.3, 0.4) is 0 Å². The number of aromatic nitrogens is 2. The van der Waals surface area contributed by atoms with Gasteiger partial charge >= 0.3 is 0 Å². The van der Waals surface area contributed by atoms with Gasteiger partial charge in [0.1, 0.15) is 5.82 Å². The fourth-order valence-corrected chi connectivity index (χ4v) is 7.21. The van der Waals surface area contributed by atoms with Crippen LogP contribution < -0.4 is 10.9 Å². The van der Waals surface area contributed by atoms with E-state index in [1.165, 1.54) is 6.07 Å². The monoisotopic (exact) mass is 442 g/mol. The summed E-state index contributed by atoms with van der Waals surface area (Å²) >= 11 is 0. The zero-order valence-electron chi connectivity index (χ0n) is 18.4. The van der Waals surface area contributed by atoms with Crippen molar-refractivity contribution in [1.82, 2.24) is 15.1 Å². The fraction of sp³-hybridized carbons (Fsp3) is 0.417. The van der Waals surface area contributed by atoms with Gasteiger partial charge in [-0.2, -0.15) is 5.10 Å². The van der Waals surface area contributed by atoms with Gasteiger partial charge in [0.05, 0.1) is 11.1 Å². The largest absolute Gasteiger partial charge is 0.375 e. The number of aromatic amines is 1. The average molecular weight is 442 g/mol. The minimum Gasteiger partial charge on any atom is -0.375 e. The number of rotatable bonds is 4. The second-order valence-electron chi connectivity index (χ2n) is 9.71. The predicted molar refractivity (Wildman–Crippen MR) is 126 cm³/mol. The summed E-state index contributed by atoms with van der Waals surface area (Å²) < 4.78 is 14.8. The number of halogens is 1. The molecule has 165 valence electrons. The summed E-state index contributed by atoms with van der Waals surface area (Å²) in [5.41, 5.74) is 1.59. The summed E-state index contributed by atoms with van der Waals surface area (Å²) in [6.45, 7) is 9.18. The molecule has 1 fully saturated rings. The van der Waals surface area contributed by atoms with Crippen LogP contribution in [0.15, 0.2) is 47.3 Å². The van der Waals surface area contributed by atoms with Crippen molar-refractivity contribution >= 4 is 23.6 Å². The van der Waals surface area contributed by atoms with Gasteiger partial charge in [-0.3, -0.25) is 4.79 Å². The van der Waals surface area contributed by atoms with E-state index in [4.69, 9.17) is 0 Å². The highest BCUT2D eigenvalue weighted by molar-refractivity contribution is 7.77. The van der Waals surface area contributed by atoms with Crippen molar-refractivity contribution in [2.24, 2.45) is 5.41 Å². The minimum atomic E-state index is -2.54. The highest BCUT2D eigenvalue weighted by Gasteiger charge is 2.35.